The van der Waals surface area contributed by atoms with E-state index in [1.54, 1.807) is 5.56 Å². The molecular formula is C24H38N2O. The molecule has 2 aliphatic heterocycles. The molecule has 1 aliphatic carbocycles. The third kappa shape index (κ3) is 5.71. The molecule has 4 rings (SSSR count). The fraction of sp³-hybridized carbons (Fsp3) is 0.750. The first-order valence-corrected chi connectivity index (χ1v) is 11.6. The number of likely N-dealkylation sites (tertiary alicyclic amines) is 1. The van der Waals surface area contributed by atoms with Crippen molar-refractivity contribution < 1.29 is 4.74 Å². The summed E-state index contributed by atoms with van der Waals surface area (Å²) in [6.07, 6.45) is 13.5. The minimum Gasteiger partial charge on any atom is -0.494 e. The SMILES string of the molecule is c1cc2c(cc1OCCCN1CCCCC1)CCN(CC1CCCC1)CC2. The number of hydrogen-bond donors (Lipinski definition) is 0. The lowest BCUT2D eigenvalue weighted by Gasteiger charge is -2.26. The maximum Gasteiger partial charge on any atom is 0.119 e. The number of rotatable bonds is 7. The number of hydrogen-bond acceptors (Lipinski definition) is 3. The minimum atomic E-state index is 0.850. The van der Waals surface area contributed by atoms with Crippen molar-refractivity contribution in [1.29, 1.82) is 0 Å². The Labute approximate surface area is 166 Å². The normalized spacial score (nSPS) is 22.5. The van der Waals surface area contributed by atoms with Crippen molar-refractivity contribution in [3.05, 3.63) is 29.3 Å². The predicted octanol–water partition coefficient (Wildman–Crippen LogP) is 4.53. The first-order chi connectivity index (χ1) is 13.4. The van der Waals surface area contributed by atoms with Gasteiger partial charge in [-0.25, -0.2) is 0 Å². The molecule has 27 heavy (non-hydrogen) atoms. The summed E-state index contributed by atoms with van der Waals surface area (Å²) in [5, 5.41) is 0. The second kappa shape index (κ2) is 9.93. The number of benzene rings is 1. The van der Waals surface area contributed by atoms with Crippen LogP contribution in [0.15, 0.2) is 18.2 Å². The third-order valence-corrected chi connectivity index (χ3v) is 6.90. The summed E-state index contributed by atoms with van der Waals surface area (Å²) in [4.78, 5) is 5.32. The number of nitrogens with zero attached hydrogens (tertiary/aromatic N) is 2. The van der Waals surface area contributed by atoms with E-state index < -0.39 is 0 Å². The van der Waals surface area contributed by atoms with Gasteiger partial charge in [0.15, 0.2) is 0 Å². The molecule has 0 N–H and O–H groups in total. The summed E-state index contributed by atoms with van der Waals surface area (Å²) in [5.74, 6) is 2.04. The van der Waals surface area contributed by atoms with Crippen LogP contribution in [0.25, 0.3) is 0 Å². The second-order valence-electron chi connectivity index (χ2n) is 8.99. The fourth-order valence-corrected chi connectivity index (χ4v) is 5.24. The lowest BCUT2D eigenvalue weighted by atomic mass is 10.0. The predicted molar refractivity (Wildman–Crippen MR) is 113 cm³/mol. The van der Waals surface area contributed by atoms with E-state index in [2.05, 4.69) is 28.0 Å². The second-order valence-corrected chi connectivity index (χ2v) is 8.99. The molecule has 2 heterocycles. The van der Waals surface area contributed by atoms with Crippen LogP contribution < -0.4 is 4.74 Å². The summed E-state index contributed by atoms with van der Waals surface area (Å²) in [7, 11) is 0. The Morgan fingerprint density at radius 2 is 1.59 bits per heavy atom. The van der Waals surface area contributed by atoms with E-state index >= 15 is 0 Å². The lowest BCUT2D eigenvalue weighted by molar-refractivity contribution is 0.205. The highest BCUT2D eigenvalue weighted by Crippen LogP contribution is 2.27. The van der Waals surface area contributed by atoms with Gasteiger partial charge >= 0.3 is 0 Å². The van der Waals surface area contributed by atoms with Crippen LogP contribution in [0.2, 0.25) is 0 Å². The van der Waals surface area contributed by atoms with Crippen molar-refractivity contribution in [2.75, 3.05) is 45.9 Å². The summed E-state index contributed by atoms with van der Waals surface area (Å²) in [6.45, 7) is 8.41. The zero-order valence-corrected chi connectivity index (χ0v) is 17.1. The zero-order chi connectivity index (χ0) is 18.3. The van der Waals surface area contributed by atoms with Gasteiger partial charge in [-0.05, 0) is 87.2 Å². The van der Waals surface area contributed by atoms with Crippen molar-refractivity contribution in [3.63, 3.8) is 0 Å². The molecule has 0 radical (unpaired) electrons. The summed E-state index contributed by atoms with van der Waals surface area (Å²) in [6, 6.07) is 6.86. The van der Waals surface area contributed by atoms with Crippen molar-refractivity contribution in [1.82, 2.24) is 9.80 Å². The molecule has 0 spiro atoms. The van der Waals surface area contributed by atoms with Crippen LogP contribution in [0, 0.1) is 5.92 Å². The van der Waals surface area contributed by atoms with Gasteiger partial charge < -0.3 is 14.5 Å². The van der Waals surface area contributed by atoms with Crippen molar-refractivity contribution >= 4 is 0 Å². The Balaban J connectivity index is 1.22. The van der Waals surface area contributed by atoms with Crippen LogP contribution in [-0.2, 0) is 12.8 Å². The molecule has 0 unspecified atom stereocenters. The largest absolute Gasteiger partial charge is 0.494 e. The summed E-state index contributed by atoms with van der Waals surface area (Å²) < 4.78 is 6.10. The molecule has 3 aliphatic rings. The first-order valence-electron chi connectivity index (χ1n) is 11.6. The van der Waals surface area contributed by atoms with Crippen LogP contribution in [0.1, 0.15) is 62.5 Å². The van der Waals surface area contributed by atoms with Crippen LogP contribution in [0.4, 0.5) is 0 Å². The molecule has 3 nitrogen and oxygen atoms in total. The number of fused-ring (bicyclic) bond motifs is 1. The molecule has 1 saturated heterocycles. The average molecular weight is 371 g/mol. The van der Waals surface area contributed by atoms with E-state index in [-0.39, 0.29) is 0 Å². The van der Waals surface area contributed by atoms with E-state index in [0.29, 0.717) is 0 Å². The molecule has 1 aromatic carbocycles. The van der Waals surface area contributed by atoms with Gasteiger partial charge in [-0.15, -0.1) is 0 Å². The molecule has 3 heteroatoms. The molecule has 0 aromatic heterocycles. The maximum absolute atomic E-state index is 6.10. The molecular weight excluding hydrogens is 332 g/mol. The van der Waals surface area contributed by atoms with Crippen molar-refractivity contribution in [2.24, 2.45) is 5.92 Å². The Hall–Kier alpha value is -1.06. The van der Waals surface area contributed by atoms with E-state index in [1.165, 1.54) is 103 Å². The number of ether oxygens (including phenoxy) is 1. The van der Waals surface area contributed by atoms with E-state index in [1.807, 2.05) is 0 Å². The topological polar surface area (TPSA) is 15.7 Å². The van der Waals surface area contributed by atoms with E-state index in [0.717, 1.165) is 24.7 Å². The molecule has 2 fully saturated rings. The molecule has 150 valence electrons. The van der Waals surface area contributed by atoms with Crippen molar-refractivity contribution in [2.45, 2.75) is 64.2 Å². The Morgan fingerprint density at radius 3 is 2.41 bits per heavy atom. The van der Waals surface area contributed by atoms with Gasteiger partial charge in [-0.1, -0.05) is 25.3 Å². The zero-order valence-electron chi connectivity index (χ0n) is 17.1. The van der Waals surface area contributed by atoms with Gasteiger partial charge in [0.05, 0.1) is 6.61 Å². The smallest absolute Gasteiger partial charge is 0.119 e. The van der Waals surface area contributed by atoms with Gasteiger partial charge in [0, 0.05) is 26.2 Å². The standard InChI is InChI=1S/C24H38N2O/c1-4-13-25(14-5-1)15-6-18-27-24-10-9-22-11-16-26(17-12-23(22)19-24)20-21-7-2-3-8-21/h9-10,19,21H,1-8,11-18,20H2. The van der Waals surface area contributed by atoms with Gasteiger partial charge in [0.2, 0.25) is 0 Å². The average Bonchev–Trinajstić information content (AvgIpc) is 3.14. The third-order valence-electron chi connectivity index (χ3n) is 6.90. The van der Waals surface area contributed by atoms with Gasteiger partial charge in [0.1, 0.15) is 5.75 Å². The van der Waals surface area contributed by atoms with Gasteiger partial charge in [0.25, 0.3) is 0 Å². The van der Waals surface area contributed by atoms with Crippen LogP contribution >= 0.6 is 0 Å². The Bertz CT molecular complexity index is 576. The van der Waals surface area contributed by atoms with Gasteiger partial charge in [-0.3, -0.25) is 0 Å². The Morgan fingerprint density at radius 1 is 0.815 bits per heavy atom. The van der Waals surface area contributed by atoms with Gasteiger partial charge in [-0.2, -0.15) is 0 Å². The highest BCUT2D eigenvalue weighted by Gasteiger charge is 2.21. The highest BCUT2D eigenvalue weighted by molar-refractivity contribution is 5.36. The molecule has 0 amide bonds. The van der Waals surface area contributed by atoms with Crippen LogP contribution in [0.5, 0.6) is 5.75 Å². The van der Waals surface area contributed by atoms with Crippen LogP contribution in [0.3, 0.4) is 0 Å². The molecule has 0 atom stereocenters. The number of piperidine rings is 1. The quantitative estimate of drug-likeness (QED) is 0.656. The van der Waals surface area contributed by atoms with E-state index in [4.69, 9.17) is 4.74 Å². The van der Waals surface area contributed by atoms with Crippen molar-refractivity contribution in [3.8, 4) is 5.75 Å². The lowest BCUT2D eigenvalue weighted by Crippen LogP contribution is -2.31. The molecule has 0 bridgehead atoms. The summed E-state index contributed by atoms with van der Waals surface area (Å²) in [5.41, 5.74) is 3.07. The van der Waals surface area contributed by atoms with E-state index in [9.17, 15) is 0 Å². The molecule has 1 saturated carbocycles. The molecule has 1 aromatic rings. The fourth-order valence-electron chi connectivity index (χ4n) is 5.24. The Kier molecular flexibility index (Phi) is 7.09. The monoisotopic (exact) mass is 370 g/mol. The maximum atomic E-state index is 6.10. The van der Waals surface area contributed by atoms with Crippen LogP contribution in [-0.4, -0.2) is 55.7 Å². The highest BCUT2D eigenvalue weighted by atomic mass is 16.5. The summed E-state index contributed by atoms with van der Waals surface area (Å²) >= 11 is 0. The minimum absolute atomic E-state index is 0.850. The first kappa shape index (κ1) is 19.3.